The van der Waals surface area contributed by atoms with Crippen molar-refractivity contribution >= 4 is 23.5 Å². The summed E-state index contributed by atoms with van der Waals surface area (Å²) in [6.45, 7) is 3.18. The van der Waals surface area contributed by atoms with Crippen LogP contribution in [-0.4, -0.2) is 47.1 Å². The van der Waals surface area contributed by atoms with E-state index in [-0.39, 0.29) is 11.9 Å². The number of halogens is 1. The number of piperidine rings is 1. The molecule has 2 heterocycles. The topological polar surface area (TPSA) is 62.5 Å². The van der Waals surface area contributed by atoms with Crippen molar-refractivity contribution < 1.29 is 9.32 Å². The van der Waals surface area contributed by atoms with Crippen molar-refractivity contribution in [3.63, 3.8) is 0 Å². The molecule has 1 amide bonds. The Morgan fingerprint density at radius 2 is 2.13 bits per heavy atom. The highest BCUT2D eigenvalue weighted by Gasteiger charge is 2.26. The van der Waals surface area contributed by atoms with E-state index in [2.05, 4.69) is 15.0 Å². The highest BCUT2D eigenvalue weighted by Crippen LogP contribution is 2.25. The number of carbonyl (C=O) groups is 1. The predicted molar refractivity (Wildman–Crippen MR) is 88.4 cm³/mol. The molecule has 1 aromatic carbocycles. The zero-order chi connectivity index (χ0) is 16.4. The van der Waals surface area contributed by atoms with Gasteiger partial charge in [0, 0.05) is 43.7 Å². The van der Waals surface area contributed by atoms with Crippen LogP contribution in [0.25, 0.3) is 11.4 Å². The van der Waals surface area contributed by atoms with Gasteiger partial charge in [0.25, 0.3) is 0 Å². The maximum absolute atomic E-state index is 11.4. The second-order valence-electron chi connectivity index (χ2n) is 5.76. The van der Waals surface area contributed by atoms with E-state index >= 15 is 0 Å². The molecule has 1 aromatic heterocycles. The summed E-state index contributed by atoms with van der Waals surface area (Å²) in [5.74, 6) is 0.634. The highest BCUT2D eigenvalue weighted by atomic mass is 35.5. The van der Waals surface area contributed by atoms with Crippen LogP contribution in [0.2, 0.25) is 5.02 Å². The number of hydrogen-bond acceptors (Lipinski definition) is 5. The third-order valence-electron chi connectivity index (χ3n) is 4.28. The van der Waals surface area contributed by atoms with Gasteiger partial charge < -0.3 is 14.3 Å². The number of amides is 1. The fraction of sp³-hybridized carbons (Fsp3) is 0.438. The molecule has 23 heavy (non-hydrogen) atoms. The van der Waals surface area contributed by atoms with Crippen molar-refractivity contribution in [1.82, 2.24) is 15.0 Å². The number of benzene rings is 1. The molecule has 0 radical (unpaired) electrons. The number of hydrogen-bond donors (Lipinski definition) is 0. The van der Waals surface area contributed by atoms with Gasteiger partial charge in [-0.1, -0.05) is 28.9 Å². The second kappa shape index (κ2) is 6.58. The Kier molecular flexibility index (Phi) is 4.52. The van der Waals surface area contributed by atoms with E-state index in [9.17, 15) is 4.79 Å². The lowest BCUT2D eigenvalue weighted by Gasteiger charge is -2.35. The monoisotopic (exact) mass is 334 g/mol. The molecular formula is C16H19ClN4O2. The van der Waals surface area contributed by atoms with E-state index in [1.165, 1.54) is 0 Å². The van der Waals surface area contributed by atoms with Crippen LogP contribution in [0.3, 0.4) is 0 Å². The lowest BCUT2D eigenvalue weighted by Crippen LogP contribution is -2.45. The molecule has 3 rings (SSSR count). The Balaban J connectivity index is 1.67. The molecule has 1 aliphatic heterocycles. The van der Waals surface area contributed by atoms with Crippen molar-refractivity contribution in [2.24, 2.45) is 0 Å². The summed E-state index contributed by atoms with van der Waals surface area (Å²) >= 11 is 5.99. The molecule has 0 saturated carbocycles. The summed E-state index contributed by atoms with van der Waals surface area (Å²) < 4.78 is 5.38. The standard InChI is InChI=1S/C16H19ClN4O2/c1-11(22)20(2)14-6-8-21(9-7-14)16-18-15(19-23-16)12-4-3-5-13(17)10-12/h3-5,10,14H,6-9H2,1-2H3. The molecule has 1 fully saturated rings. The van der Waals surface area contributed by atoms with Crippen molar-refractivity contribution in [1.29, 1.82) is 0 Å². The molecular weight excluding hydrogens is 316 g/mol. The summed E-state index contributed by atoms with van der Waals surface area (Å²) in [5, 5.41) is 4.67. The molecule has 122 valence electrons. The maximum atomic E-state index is 11.4. The van der Waals surface area contributed by atoms with Crippen LogP contribution in [0.15, 0.2) is 28.8 Å². The lowest BCUT2D eigenvalue weighted by atomic mass is 10.0. The quantitative estimate of drug-likeness (QED) is 0.863. The first kappa shape index (κ1) is 15.8. The first-order valence-corrected chi connectivity index (χ1v) is 8.00. The van der Waals surface area contributed by atoms with Gasteiger partial charge in [-0.2, -0.15) is 4.98 Å². The number of aromatic nitrogens is 2. The highest BCUT2D eigenvalue weighted by molar-refractivity contribution is 6.30. The Morgan fingerprint density at radius 3 is 2.78 bits per heavy atom. The third kappa shape index (κ3) is 3.47. The van der Waals surface area contributed by atoms with Gasteiger partial charge in [0.15, 0.2) is 0 Å². The van der Waals surface area contributed by atoms with Gasteiger partial charge in [0.05, 0.1) is 0 Å². The molecule has 0 spiro atoms. The summed E-state index contributed by atoms with van der Waals surface area (Å²) in [6.07, 6.45) is 1.79. The molecule has 7 heteroatoms. The fourth-order valence-corrected chi connectivity index (χ4v) is 2.98. The van der Waals surface area contributed by atoms with E-state index in [4.69, 9.17) is 16.1 Å². The summed E-state index contributed by atoms with van der Waals surface area (Å²) in [6, 6.07) is 8.17. The summed E-state index contributed by atoms with van der Waals surface area (Å²) in [4.78, 5) is 19.8. The molecule has 0 atom stereocenters. The van der Waals surface area contributed by atoms with Crippen LogP contribution in [-0.2, 0) is 4.79 Å². The van der Waals surface area contributed by atoms with Gasteiger partial charge in [-0.3, -0.25) is 4.79 Å². The SMILES string of the molecule is CC(=O)N(C)C1CCN(c2nc(-c3cccc(Cl)c3)no2)CC1. The first-order valence-electron chi connectivity index (χ1n) is 7.62. The van der Waals surface area contributed by atoms with Gasteiger partial charge in [-0.05, 0) is 25.0 Å². The molecule has 6 nitrogen and oxygen atoms in total. The van der Waals surface area contributed by atoms with Gasteiger partial charge >= 0.3 is 6.01 Å². The van der Waals surface area contributed by atoms with Gasteiger partial charge in [-0.15, -0.1) is 0 Å². The van der Waals surface area contributed by atoms with Crippen LogP contribution in [0.1, 0.15) is 19.8 Å². The maximum Gasteiger partial charge on any atom is 0.324 e. The van der Waals surface area contributed by atoms with Crippen molar-refractivity contribution in [3.05, 3.63) is 29.3 Å². The minimum Gasteiger partial charge on any atom is -0.343 e. The van der Waals surface area contributed by atoms with Gasteiger partial charge in [-0.25, -0.2) is 0 Å². The largest absolute Gasteiger partial charge is 0.343 e. The molecule has 0 unspecified atom stereocenters. The average molecular weight is 335 g/mol. The number of anilines is 1. The van der Waals surface area contributed by atoms with Crippen LogP contribution < -0.4 is 4.90 Å². The van der Waals surface area contributed by atoms with E-state index in [0.29, 0.717) is 16.9 Å². The van der Waals surface area contributed by atoms with E-state index < -0.39 is 0 Å². The smallest absolute Gasteiger partial charge is 0.324 e. The third-order valence-corrected chi connectivity index (χ3v) is 4.51. The number of carbonyl (C=O) groups excluding carboxylic acids is 1. The molecule has 0 aliphatic carbocycles. The Labute approximate surface area is 140 Å². The number of nitrogens with zero attached hydrogens (tertiary/aromatic N) is 4. The minimum atomic E-state index is 0.101. The molecule has 1 saturated heterocycles. The summed E-state index contributed by atoms with van der Waals surface area (Å²) in [7, 11) is 1.85. The van der Waals surface area contributed by atoms with E-state index in [0.717, 1.165) is 31.5 Å². The normalized spacial score (nSPS) is 15.7. The van der Waals surface area contributed by atoms with E-state index in [1.54, 1.807) is 6.92 Å². The minimum absolute atomic E-state index is 0.101. The fourth-order valence-electron chi connectivity index (χ4n) is 2.79. The van der Waals surface area contributed by atoms with Gasteiger partial charge in [0.1, 0.15) is 0 Å². The molecule has 1 aliphatic rings. The van der Waals surface area contributed by atoms with Crippen molar-refractivity contribution in [2.75, 3.05) is 25.0 Å². The van der Waals surface area contributed by atoms with Crippen molar-refractivity contribution in [2.45, 2.75) is 25.8 Å². The predicted octanol–water partition coefficient (Wildman–Crippen LogP) is 2.84. The van der Waals surface area contributed by atoms with Gasteiger partial charge in [0.2, 0.25) is 11.7 Å². The van der Waals surface area contributed by atoms with Crippen LogP contribution in [0.5, 0.6) is 0 Å². The van der Waals surface area contributed by atoms with E-state index in [1.807, 2.05) is 36.2 Å². The first-order chi connectivity index (χ1) is 11.0. The summed E-state index contributed by atoms with van der Waals surface area (Å²) in [5.41, 5.74) is 0.832. The Morgan fingerprint density at radius 1 is 1.39 bits per heavy atom. The molecule has 2 aromatic rings. The van der Waals surface area contributed by atoms with Crippen LogP contribution in [0, 0.1) is 0 Å². The average Bonchev–Trinajstić information content (AvgIpc) is 3.04. The van der Waals surface area contributed by atoms with Crippen LogP contribution in [0.4, 0.5) is 6.01 Å². The van der Waals surface area contributed by atoms with Crippen molar-refractivity contribution in [3.8, 4) is 11.4 Å². The Bertz CT molecular complexity index is 695. The second-order valence-corrected chi connectivity index (χ2v) is 6.20. The Hall–Kier alpha value is -2.08. The zero-order valence-corrected chi connectivity index (χ0v) is 14.0. The zero-order valence-electron chi connectivity index (χ0n) is 13.2. The van der Waals surface area contributed by atoms with Crippen LogP contribution >= 0.6 is 11.6 Å². The lowest BCUT2D eigenvalue weighted by molar-refractivity contribution is -0.129. The number of rotatable bonds is 3. The molecule has 0 N–H and O–H groups in total. The molecule has 0 bridgehead atoms.